The number of pyridine rings is 1. The molecule has 0 aliphatic carbocycles. The molecule has 1 atom stereocenters. The number of nitrogens with zero attached hydrogens (tertiary/aromatic N) is 4. The van der Waals surface area contributed by atoms with Crippen molar-refractivity contribution in [3.8, 4) is 22.8 Å². The highest BCUT2D eigenvalue weighted by molar-refractivity contribution is 5.75. The Morgan fingerprint density at radius 1 is 1.08 bits per heavy atom. The molecule has 130 valence electrons. The van der Waals surface area contributed by atoms with Crippen LogP contribution >= 0.6 is 0 Å². The first-order valence-corrected chi connectivity index (χ1v) is 8.23. The molecule has 4 rings (SSSR count). The normalized spacial score (nSPS) is 12.1. The maximum Gasteiger partial charge on any atom is 0.223 e. The predicted molar refractivity (Wildman–Crippen MR) is 96.2 cm³/mol. The number of anilines is 1. The Hall–Kier alpha value is -3.48. The first-order valence-electron chi connectivity index (χ1n) is 8.23. The molecule has 7 nitrogen and oxygen atoms in total. The second-order valence-corrected chi connectivity index (χ2v) is 5.89. The molecule has 26 heavy (non-hydrogen) atoms. The van der Waals surface area contributed by atoms with Crippen LogP contribution in [-0.4, -0.2) is 20.1 Å². The van der Waals surface area contributed by atoms with Crippen molar-refractivity contribution in [2.45, 2.75) is 19.9 Å². The Kier molecular flexibility index (Phi) is 4.18. The summed E-state index contributed by atoms with van der Waals surface area (Å²) in [7, 11) is 0. The minimum absolute atomic E-state index is 0.0426. The van der Waals surface area contributed by atoms with Crippen molar-refractivity contribution in [1.82, 2.24) is 20.1 Å². The van der Waals surface area contributed by atoms with Gasteiger partial charge in [0, 0.05) is 18.5 Å². The van der Waals surface area contributed by atoms with Crippen molar-refractivity contribution in [3.05, 3.63) is 66.4 Å². The summed E-state index contributed by atoms with van der Waals surface area (Å²) in [6, 6.07) is 11.3. The third-order valence-corrected chi connectivity index (χ3v) is 3.91. The number of nitrogens with one attached hydrogen (secondary N) is 1. The first kappa shape index (κ1) is 16.0. The van der Waals surface area contributed by atoms with E-state index in [1.54, 1.807) is 18.7 Å². The minimum atomic E-state index is -0.0426. The van der Waals surface area contributed by atoms with Crippen LogP contribution in [0, 0.1) is 6.92 Å². The van der Waals surface area contributed by atoms with Crippen LogP contribution < -0.4 is 5.32 Å². The smallest absolute Gasteiger partial charge is 0.223 e. The van der Waals surface area contributed by atoms with Gasteiger partial charge in [-0.2, -0.15) is 0 Å². The lowest BCUT2D eigenvalue weighted by atomic mass is 10.1. The van der Waals surface area contributed by atoms with Crippen molar-refractivity contribution in [3.63, 3.8) is 0 Å². The maximum absolute atomic E-state index is 5.54. The lowest BCUT2D eigenvalue weighted by Crippen LogP contribution is -2.11. The van der Waals surface area contributed by atoms with Gasteiger partial charge in [-0.3, -0.25) is 4.98 Å². The van der Waals surface area contributed by atoms with E-state index >= 15 is 0 Å². The Morgan fingerprint density at radius 3 is 2.69 bits per heavy atom. The molecule has 0 aliphatic heterocycles. The van der Waals surface area contributed by atoms with E-state index in [0.29, 0.717) is 23.2 Å². The number of aromatic nitrogens is 4. The van der Waals surface area contributed by atoms with Gasteiger partial charge < -0.3 is 14.3 Å². The highest BCUT2D eigenvalue weighted by Crippen LogP contribution is 2.32. The topological polar surface area (TPSA) is 89.9 Å². The van der Waals surface area contributed by atoms with Gasteiger partial charge in [-0.25, -0.2) is 9.97 Å². The van der Waals surface area contributed by atoms with E-state index in [4.69, 9.17) is 8.94 Å². The summed E-state index contributed by atoms with van der Waals surface area (Å²) in [5, 5.41) is 7.21. The molecule has 7 heteroatoms. The van der Waals surface area contributed by atoms with Gasteiger partial charge in [-0.05, 0) is 38.1 Å². The molecule has 0 saturated heterocycles. The molecule has 0 saturated carbocycles. The van der Waals surface area contributed by atoms with Gasteiger partial charge >= 0.3 is 0 Å². The van der Waals surface area contributed by atoms with Crippen LogP contribution in [0.3, 0.4) is 0 Å². The van der Waals surface area contributed by atoms with Crippen molar-refractivity contribution in [2.24, 2.45) is 0 Å². The van der Waals surface area contributed by atoms with Crippen LogP contribution in [0.25, 0.3) is 22.8 Å². The lowest BCUT2D eigenvalue weighted by molar-refractivity contribution is 0.427. The third kappa shape index (κ3) is 3.19. The van der Waals surface area contributed by atoms with Crippen molar-refractivity contribution >= 4 is 5.95 Å². The standard InChI is InChI=1S/C19H17N5O2/c1-12-10-17(26-24-12)14-11-21-19(23-18(14)16-7-5-9-25-16)22-13(2)15-6-3-4-8-20-15/h3-11,13H,1-2H3,(H,21,22,23). The molecule has 0 aromatic carbocycles. The number of furan rings is 1. The molecule has 0 aliphatic rings. The van der Waals surface area contributed by atoms with Crippen LogP contribution in [0.4, 0.5) is 5.95 Å². The van der Waals surface area contributed by atoms with E-state index in [1.165, 1.54) is 0 Å². The molecular formula is C19H17N5O2. The summed E-state index contributed by atoms with van der Waals surface area (Å²) >= 11 is 0. The van der Waals surface area contributed by atoms with Gasteiger partial charge in [0.25, 0.3) is 0 Å². The summed E-state index contributed by atoms with van der Waals surface area (Å²) < 4.78 is 10.9. The van der Waals surface area contributed by atoms with Gasteiger partial charge in [0.05, 0.1) is 29.3 Å². The monoisotopic (exact) mass is 347 g/mol. The summed E-state index contributed by atoms with van der Waals surface area (Å²) in [6.45, 7) is 3.87. The van der Waals surface area contributed by atoms with Crippen molar-refractivity contribution < 1.29 is 8.94 Å². The van der Waals surface area contributed by atoms with Gasteiger partial charge in [-0.15, -0.1) is 0 Å². The number of rotatable bonds is 5. The first-order chi connectivity index (χ1) is 12.7. The predicted octanol–water partition coefficient (Wildman–Crippen LogP) is 4.27. The molecule has 1 N–H and O–H groups in total. The molecule has 4 aromatic heterocycles. The molecule has 4 aromatic rings. The van der Waals surface area contributed by atoms with E-state index in [9.17, 15) is 0 Å². The van der Waals surface area contributed by atoms with Crippen LogP contribution in [0.5, 0.6) is 0 Å². The van der Waals surface area contributed by atoms with E-state index in [2.05, 4.69) is 25.4 Å². The van der Waals surface area contributed by atoms with Crippen LogP contribution in [0.1, 0.15) is 24.4 Å². The Balaban J connectivity index is 1.71. The lowest BCUT2D eigenvalue weighted by Gasteiger charge is -2.14. The van der Waals surface area contributed by atoms with Crippen molar-refractivity contribution in [1.29, 1.82) is 0 Å². The van der Waals surface area contributed by atoms with Gasteiger partial charge in [0.15, 0.2) is 11.5 Å². The van der Waals surface area contributed by atoms with Gasteiger partial charge in [0.1, 0.15) is 5.69 Å². The van der Waals surface area contributed by atoms with Gasteiger partial charge in [0.2, 0.25) is 5.95 Å². The molecule has 1 unspecified atom stereocenters. The number of aryl methyl sites for hydroxylation is 1. The highest BCUT2D eigenvalue weighted by atomic mass is 16.5. The summed E-state index contributed by atoms with van der Waals surface area (Å²) in [5.41, 5.74) is 3.05. The summed E-state index contributed by atoms with van der Waals surface area (Å²) in [4.78, 5) is 13.4. The SMILES string of the molecule is Cc1cc(-c2cnc(NC(C)c3ccccn3)nc2-c2ccco2)on1. The second kappa shape index (κ2) is 6.79. The molecule has 4 heterocycles. The summed E-state index contributed by atoms with van der Waals surface area (Å²) in [6.07, 6.45) is 5.08. The van der Waals surface area contributed by atoms with E-state index in [-0.39, 0.29) is 6.04 Å². The zero-order valence-corrected chi connectivity index (χ0v) is 14.4. The average Bonchev–Trinajstić information content (AvgIpc) is 3.34. The highest BCUT2D eigenvalue weighted by Gasteiger charge is 2.18. The van der Waals surface area contributed by atoms with Gasteiger partial charge in [-0.1, -0.05) is 11.2 Å². The van der Waals surface area contributed by atoms with Crippen LogP contribution in [-0.2, 0) is 0 Å². The average molecular weight is 347 g/mol. The number of hydrogen-bond acceptors (Lipinski definition) is 7. The quantitative estimate of drug-likeness (QED) is 0.576. The fourth-order valence-electron chi connectivity index (χ4n) is 2.62. The van der Waals surface area contributed by atoms with Crippen LogP contribution in [0.2, 0.25) is 0 Å². The second-order valence-electron chi connectivity index (χ2n) is 5.89. The largest absolute Gasteiger partial charge is 0.463 e. The van der Waals surface area contributed by atoms with E-state index in [0.717, 1.165) is 17.0 Å². The molecule has 0 radical (unpaired) electrons. The molecule has 0 amide bonds. The fraction of sp³-hybridized carbons (Fsp3) is 0.158. The summed E-state index contributed by atoms with van der Waals surface area (Å²) in [5.74, 6) is 1.71. The minimum Gasteiger partial charge on any atom is -0.463 e. The molecular weight excluding hydrogens is 330 g/mol. The van der Waals surface area contributed by atoms with E-state index in [1.807, 2.05) is 50.2 Å². The fourth-order valence-corrected chi connectivity index (χ4v) is 2.62. The van der Waals surface area contributed by atoms with Crippen molar-refractivity contribution in [2.75, 3.05) is 5.32 Å². The zero-order chi connectivity index (χ0) is 17.9. The Labute approximate surface area is 150 Å². The van der Waals surface area contributed by atoms with Crippen LogP contribution in [0.15, 0.2) is 64.0 Å². The zero-order valence-electron chi connectivity index (χ0n) is 14.4. The Bertz CT molecular complexity index is 996. The van der Waals surface area contributed by atoms with E-state index < -0.39 is 0 Å². The molecule has 0 spiro atoms. The maximum atomic E-state index is 5.54. The Morgan fingerprint density at radius 2 is 2.00 bits per heavy atom. The number of hydrogen-bond donors (Lipinski definition) is 1. The molecule has 0 fully saturated rings. The molecule has 0 bridgehead atoms. The third-order valence-electron chi connectivity index (χ3n) is 3.91.